The number of aromatic nitrogens is 2. The Morgan fingerprint density at radius 3 is 1.76 bits per heavy atom. The Morgan fingerprint density at radius 2 is 1.18 bits per heavy atom. The number of amides is 3. The lowest BCUT2D eigenvalue weighted by atomic mass is 10.0. The summed E-state index contributed by atoms with van der Waals surface area (Å²) in [5.74, 6) is 7.23. The molecule has 2 aromatic heterocycles. The number of sulfonamides is 2. The van der Waals surface area contributed by atoms with Gasteiger partial charge in [0.2, 0.25) is 20.0 Å². The first-order chi connectivity index (χ1) is 41.5. The number of aliphatic hydroxyl groups is 2. The average Bonchev–Trinajstić information content (AvgIpc) is 3.60. The van der Waals surface area contributed by atoms with Gasteiger partial charge >= 0.3 is 5.97 Å². The van der Waals surface area contributed by atoms with Crippen LogP contribution >= 0.6 is 0 Å². The normalized spacial score (nSPS) is 12.5. The third-order valence-corrected chi connectivity index (χ3v) is 15.2. The third kappa shape index (κ3) is 16.9. The molecule has 3 atom stereocenters. The van der Waals surface area contributed by atoms with Crippen LogP contribution in [0.2, 0.25) is 0 Å². The van der Waals surface area contributed by atoms with Crippen molar-refractivity contribution in [3.8, 4) is 35.2 Å². The van der Waals surface area contributed by atoms with E-state index in [4.69, 9.17) is 19.8 Å². The molecule has 8 rings (SSSR count). The summed E-state index contributed by atoms with van der Waals surface area (Å²) < 4.78 is 62.3. The number of nitrogens with two attached hydrogens (primary N) is 2. The number of para-hydroxylation sites is 3. The van der Waals surface area contributed by atoms with Gasteiger partial charge < -0.3 is 55.6 Å². The molecule has 3 amide bonds. The number of aliphatic hydroxyl groups excluding tert-OH is 2. The summed E-state index contributed by atoms with van der Waals surface area (Å²) in [5.41, 5.74) is 3.55. The molecule has 0 aliphatic rings. The molecule has 0 fully saturated rings. The number of hydrogen-bond donors (Lipinski definition) is 10. The molecule has 1 unspecified atom stereocenters. The Balaban J connectivity index is 1.20. The topological polar surface area (TPSA) is 339 Å². The fourth-order valence-electron chi connectivity index (χ4n) is 9.77. The first-order valence-corrected chi connectivity index (χ1v) is 31.0. The minimum atomic E-state index is -4.61. The fourth-order valence-corrected chi connectivity index (χ4v) is 10.8. The summed E-state index contributed by atoms with van der Waals surface area (Å²) in [6.45, 7) is 5.67. The van der Waals surface area contributed by atoms with Gasteiger partial charge in [-0.2, -0.15) is 0 Å². The molecule has 21 nitrogen and oxygen atoms in total. The molecular formula is C64H66N8O13S2. The van der Waals surface area contributed by atoms with Crippen molar-refractivity contribution in [2.24, 2.45) is 10.3 Å². The first kappa shape index (κ1) is 63.6. The van der Waals surface area contributed by atoms with Gasteiger partial charge in [0.15, 0.2) is 0 Å². The van der Waals surface area contributed by atoms with Crippen molar-refractivity contribution in [3.63, 3.8) is 0 Å². The third-order valence-electron chi connectivity index (χ3n) is 13.6. The van der Waals surface area contributed by atoms with Crippen molar-refractivity contribution in [2.75, 3.05) is 36.6 Å². The van der Waals surface area contributed by atoms with E-state index in [1.807, 2.05) is 54.7 Å². The number of anilines is 1. The number of ether oxygens (including phenoxy) is 2. The molecule has 0 aliphatic heterocycles. The van der Waals surface area contributed by atoms with Gasteiger partial charge in [0, 0.05) is 68.6 Å². The highest BCUT2D eigenvalue weighted by atomic mass is 32.2. The molecular weight excluding hydrogens is 1150 g/mol. The van der Waals surface area contributed by atoms with Gasteiger partial charge in [-0.25, -0.2) is 31.9 Å². The van der Waals surface area contributed by atoms with E-state index in [1.165, 1.54) is 48.5 Å². The van der Waals surface area contributed by atoms with Crippen LogP contribution in [0.4, 0.5) is 5.69 Å². The second kappa shape index (κ2) is 28.2. The molecule has 2 heterocycles. The number of nitrogens with one attached hydrogen (secondary N) is 5. The average molecular weight is 1220 g/mol. The standard InChI is InChI=1S/C64H66N8O13S2/c1-39(2)84-57-25-22-43(30-53(57)62(76)70-48(36-73)32-46-34-68-55-17-7-5-14-50(46)55)21-24-44-12-10-16-52(64(78)79)60(44)71-59(38-87(66,82)83)72(49(37-74)33-47-35-69-56-18-8-6-15-51(47)56)63(77)54-31-42(23-26-58(54)85-40(3)4)20-19-41-11-9-13-45(29-41)61(75)67-27-28-86(65,80)81/h5-18,22-23,25-26,29-31,34-35,39-40,48-49,59,68-69,71,73-74H,27-28,32-33,36-38H2,1-4H3,(H,67,75)(H,70,76)(H,78,79)(H2,65,80,81)(H2,66,82,83)/t48-,49-,59?/m1/s1. The Hall–Kier alpha value is -9.46. The summed E-state index contributed by atoms with van der Waals surface area (Å²) in [4.78, 5) is 63.7. The van der Waals surface area contributed by atoms with Gasteiger partial charge in [0.05, 0.1) is 65.6 Å². The number of aromatic carboxylic acids is 1. The number of carbonyl (C=O) groups excluding carboxylic acids is 3. The predicted molar refractivity (Wildman–Crippen MR) is 331 cm³/mol. The lowest BCUT2D eigenvalue weighted by molar-refractivity contribution is 0.0515. The fraction of sp³-hybridized carbons (Fsp3) is 0.250. The highest BCUT2D eigenvalue weighted by Gasteiger charge is 2.37. The molecule has 452 valence electrons. The van der Waals surface area contributed by atoms with Crippen molar-refractivity contribution in [1.29, 1.82) is 0 Å². The zero-order chi connectivity index (χ0) is 62.6. The van der Waals surface area contributed by atoms with E-state index in [9.17, 15) is 46.5 Å². The number of rotatable bonds is 24. The van der Waals surface area contributed by atoms with E-state index in [0.717, 1.165) is 32.3 Å². The largest absolute Gasteiger partial charge is 0.490 e. The second-order valence-electron chi connectivity index (χ2n) is 21.0. The van der Waals surface area contributed by atoms with Crippen LogP contribution in [0.1, 0.15) is 103 Å². The maximum atomic E-state index is 15.9. The van der Waals surface area contributed by atoms with Gasteiger partial charge in [0.25, 0.3) is 17.7 Å². The van der Waals surface area contributed by atoms with Crippen molar-refractivity contribution in [1.82, 2.24) is 25.5 Å². The molecule has 0 saturated carbocycles. The number of primary sulfonamides is 2. The van der Waals surface area contributed by atoms with E-state index in [-0.39, 0.29) is 81.8 Å². The van der Waals surface area contributed by atoms with Crippen LogP contribution in [-0.4, -0.2) is 132 Å². The lowest BCUT2D eigenvalue weighted by Gasteiger charge is -2.39. The zero-order valence-corrected chi connectivity index (χ0v) is 49.6. The smallest absolute Gasteiger partial charge is 0.337 e. The molecule has 0 radical (unpaired) electrons. The first-order valence-electron chi connectivity index (χ1n) is 27.6. The summed E-state index contributed by atoms with van der Waals surface area (Å²) in [6.07, 6.45) is 1.11. The van der Waals surface area contributed by atoms with Crippen molar-refractivity contribution in [2.45, 2.75) is 71.0 Å². The van der Waals surface area contributed by atoms with Crippen LogP contribution in [0, 0.1) is 23.7 Å². The minimum absolute atomic E-state index is 0.0117. The van der Waals surface area contributed by atoms with Crippen LogP contribution < -0.4 is 35.7 Å². The quantitative estimate of drug-likeness (QED) is 0.0251. The molecule has 12 N–H and O–H groups in total. The number of hydrogen-bond acceptors (Lipinski definition) is 13. The maximum absolute atomic E-state index is 15.9. The predicted octanol–water partition coefficient (Wildman–Crippen LogP) is 5.85. The van der Waals surface area contributed by atoms with Crippen LogP contribution in [-0.2, 0) is 32.9 Å². The SMILES string of the molecule is CC(C)Oc1ccc(C#Cc2cccc(C(=O)O)c2NC(CS(N)(=O)=O)N(C(=O)c2cc(C#Cc3cccc(C(=O)NCCS(N)(=O)=O)c3)ccc2OC(C)C)[C@@H](CO)Cc2c[nH]c3ccccc23)cc1C(=O)N[C@@H](CO)Cc1c[nH]c2ccccc12. The van der Waals surface area contributed by atoms with Gasteiger partial charge in [-0.1, -0.05) is 72.2 Å². The monoisotopic (exact) mass is 1220 g/mol. The minimum Gasteiger partial charge on any atom is -0.490 e. The van der Waals surface area contributed by atoms with Crippen LogP contribution in [0.5, 0.6) is 11.5 Å². The number of benzene rings is 6. The van der Waals surface area contributed by atoms with E-state index >= 15 is 4.79 Å². The zero-order valence-electron chi connectivity index (χ0n) is 48.0. The number of aromatic amines is 2. The molecule has 0 aliphatic carbocycles. The number of carboxylic acids is 1. The molecule has 0 saturated heterocycles. The van der Waals surface area contributed by atoms with Crippen molar-refractivity contribution in [3.05, 3.63) is 195 Å². The Kier molecular flexibility index (Phi) is 20.6. The Bertz CT molecular complexity index is 4230. The molecule has 0 bridgehead atoms. The van der Waals surface area contributed by atoms with Crippen LogP contribution in [0.25, 0.3) is 21.8 Å². The van der Waals surface area contributed by atoms with E-state index in [0.29, 0.717) is 17.5 Å². The second-order valence-corrected chi connectivity index (χ2v) is 24.4. The van der Waals surface area contributed by atoms with E-state index < -0.39 is 86.2 Å². The number of nitrogens with zero attached hydrogens (tertiary/aromatic N) is 1. The molecule has 8 aromatic rings. The summed E-state index contributed by atoms with van der Waals surface area (Å²) in [5, 5.41) is 53.9. The number of H-pyrrole nitrogens is 2. The molecule has 6 aromatic carbocycles. The molecule has 0 spiro atoms. The van der Waals surface area contributed by atoms with E-state index in [1.54, 1.807) is 64.2 Å². The Labute approximate surface area is 503 Å². The van der Waals surface area contributed by atoms with Crippen molar-refractivity contribution >= 4 is 71.2 Å². The van der Waals surface area contributed by atoms with Gasteiger partial charge in [-0.05, 0) is 131 Å². The molecule has 87 heavy (non-hydrogen) atoms. The Morgan fingerprint density at radius 1 is 0.621 bits per heavy atom. The van der Waals surface area contributed by atoms with Crippen LogP contribution in [0.3, 0.4) is 0 Å². The summed E-state index contributed by atoms with van der Waals surface area (Å²) in [6, 6.07) is 32.5. The number of fused-ring (bicyclic) bond motifs is 2. The van der Waals surface area contributed by atoms with Crippen molar-refractivity contribution < 1.29 is 60.8 Å². The molecule has 23 heteroatoms. The maximum Gasteiger partial charge on any atom is 0.337 e. The van der Waals surface area contributed by atoms with Gasteiger partial charge in [-0.15, -0.1) is 0 Å². The highest BCUT2D eigenvalue weighted by Crippen LogP contribution is 2.31. The number of carboxylic acid groups (broad SMARTS) is 1. The highest BCUT2D eigenvalue weighted by molar-refractivity contribution is 7.89. The van der Waals surface area contributed by atoms with E-state index in [2.05, 4.69) is 49.6 Å². The lowest BCUT2D eigenvalue weighted by Crippen LogP contribution is -2.56. The van der Waals surface area contributed by atoms with Gasteiger partial charge in [0.1, 0.15) is 23.4 Å². The summed E-state index contributed by atoms with van der Waals surface area (Å²) in [7, 11) is -8.44. The van der Waals surface area contributed by atoms with Crippen LogP contribution in [0.15, 0.2) is 140 Å². The number of carbonyl (C=O) groups is 4. The van der Waals surface area contributed by atoms with Gasteiger partial charge in [-0.3, -0.25) is 14.4 Å². The summed E-state index contributed by atoms with van der Waals surface area (Å²) >= 11 is 0.